The maximum absolute atomic E-state index is 12.1. The zero-order chi connectivity index (χ0) is 20.0. The number of hydrogen-bond acceptors (Lipinski definition) is 6. The van der Waals surface area contributed by atoms with E-state index in [-0.39, 0.29) is 30.6 Å². The Labute approximate surface area is 153 Å². The summed E-state index contributed by atoms with van der Waals surface area (Å²) in [6, 6.07) is -0.696. The Kier molecular flexibility index (Phi) is 9.57. The first-order valence-corrected chi connectivity index (χ1v) is 10.5. The highest BCUT2D eigenvalue weighted by Crippen LogP contribution is 2.23. The van der Waals surface area contributed by atoms with Crippen LogP contribution in [0.5, 0.6) is 0 Å². The second-order valence-corrected chi connectivity index (χ2v) is 9.94. The highest BCUT2D eigenvalue weighted by atomic mass is 32.2. The summed E-state index contributed by atoms with van der Waals surface area (Å²) < 4.78 is 35.8. The zero-order valence-corrected chi connectivity index (χ0v) is 17.7. The molecule has 2 N–H and O–H groups in total. The van der Waals surface area contributed by atoms with Crippen molar-refractivity contribution in [3.8, 4) is 0 Å². The third-order valence-corrected chi connectivity index (χ3v) is 5.87. The Balaban J connectivity index is 4.98. The first-order chi connectivity index (χ1) is 11.2. The van der Waals surface area contributed by atoms with Crippen molar-refractivity contribution in [2.24, 2.45) is 17.1 Å². The molecule has 0 saturated heterocycles. The molecule has 0 saturated carbocycles. The van der Waals surface area contributed by atoms with Crippen molar-refractivity contribution in [2.75, 3.05) is 26.5 Å². The lowest BCUT2D eigenvalue weighted by Crippen LogP contribution is -2.44. The molecule has 0 amide bonds. The minimum Gasteiger partial charge on any atom is -0.462 e. The van der Waals surface area contributed by atoms with Crippen molar-refractivity contribution in [3.05, 3.63) is 0 Å². The van der Waals surface area contributed by atoms with Crippen LogP contribution in [-0.2, 0) is 24.3 Å². The molecule has 150 valence electrons. The van der Waals surface area contributed by atoms with Crippen molar-refractivity contribution in [2.45, 2.75) is 66.2 Å². The van der Waals surface area contributed by atoms with Gasteiger partial charge in [0, 0.05) is 13.6 Å². The van der Waals surface area contributed by atoms with E-state index < -0.39 is 28.1 Å². The maximum Gasteiger partial charge on any atom is 0.323 e. The fourth-order valence-corrected chi connectivity index (χ4v) is 2.24. The van der Waals surface area contributed by atoms with Crippen molar-refractivity contribution in [3.63, 3.8) is 0 Å². The molecule has 0 aliphatic rings. The van der Waals surface area contributed by atoms with E-state index in [1.807, 2.05) is 41.5 Å². The number of carbonyl (C=O) groups excluding carboxylic acids is 1. The van der Waals surface area contributed by atoms with Gasteiger partial charge < -0.3 is 15.2 Å². The first-order valence-electron chi connectivity index (χ1n) is 8.69. The maximum atomic E-state index is 12.1. The lowest BCUT2D eigenvalue weighted by atomic mass is 9.90. The molecule has 8 heteroatoms. The fraction of sp³-hybridized carbons (Fsp3) is 0.941. The van der Waals surface area contributed by atoms with Gasteiger partial charge in [-0.05, 0) is 18.3 Å². The Morgan fingerprint density at radius 1 is 1.24 bits per heavy atom. The Bertz CT molecular complexity index is 516. The average Bonchev–Trinajstić information content (AvgIpc) is 2.48. The number of nitrogens with zero attached hydrogens (tertiary/aromatic N) is 1. The van der Waals surface area contributed by atoms with Crippen molar-refractivity contribution in [1.29, 1.82) is 0 Å². The van der Waals surface area contributed by atoms with Crippen LogP contribution in [0.2, 0.25) is 0 Å². The van der Waals surface area contributed by atoms with E-state index in [1.54, 1.807) is 0 Å². The molecule has 0 radical (unpaired) electrons. The molecule has 0 bridgehead atoms. The van der Waals surface area contributed by atoms with Crippen LogP contribution in [0.4, 0.5) is 0 Å². The lowest BCUT2D eigenvalue weighted by Gasteiger charge is -2.32. The second kappa shape index (κ2) is 9.85. The Morgan fingerprint density at radius 3 is 2.16 bits per heavy atom. The molecule has 7 nitrogen and oxygen atoms in total. The largest absolute Gasteiger partial charge is 0.462 e. The van der Waals surface area contributed by atoms with Gasteiger partial charge in [0.2, 0.25) is 10.0 Å². The summed E-state index contributed by atoms with van der Waals surface area (Å²) in [5.41, 5.74) is 5.75. The third-order valence-electron chi connectivity index (χ3n) is 4.58. The van der Waals surface area contributed by atoms with E-state index in [9.17, 15) is 13.2 Å². The van der Waals surface area contributed by atoms with Crippen LogP contribution in [0.3, 0.4) is 0 Å². The number of ether oxygens (including phenoxy) is 2. The number of nitrogens with two attached hydrogens (primary N) is 1. The molecule has 0 aromatic heterocycles. The number of rotatable bonds is 10. The monoisotopic (exact) mass is 380 g/mol. The van der Waals surface area contributed by atoms with Gasteiger partial charge in [-0.3, -0.25) is 4.79 Å². The standard InChI is InChI=1S/C17H36N2O5S/c1-9-12(2)15(18)16(20)23-11-14(10-19(7)25(8,21)22)24-13(3)17(4,5)6/h12-15H,9-11,18H2,1-8H3/t12-,13-,14-,15-/m0/s1. The normalized spacial score (nSPS) is 17.8. The van der Waals surface area contributed by atoms with Gasteiger partial charge in [0.15, 0.2) is 0 Å². The van der Waals surface area contributed by atoms with Crippen LogP contribution in [0.1, 0.15) is 48.0 Å². The van der Waals surface area contributed by atoms with Gasteiger partial charge in [-0.25, -0.2) is 12.7 Å². The molecular weight excluding hydrogens is 344 g/mol. The van der Waals surface area contributed by atoms with E-state index in [4.69, 9.17) is 15.2 Å². The van der Waals surface area contributed by atoms with E-state index in [2.05, 4.69) is 0 Å². The van der Waals surface area contributed by atoms with Crippen molar-refractivity contribution in [1.82, 2.24) is 4.31 Å². The summed E-state index contributed by atoms with van der Waals surface area (Å²) in [4.78, 5) is 12.1. The van der Waals surface area contributed by atoms with E-state index in [1.165, 1.54) is 11.4 Å². The molecule has 0 aromatic carbocycles. The van der Waals surface area contributed by atoms with E-state index in [0.29, 0.717) is 0 Å². The van der Waals surface area contributed by atoms with Gasteiger partial charge in [0.1, 0.15) is 18.8 Å². The summed E-state index contributed by atoms with van der Waals surface area (Å²) in [7, 11) is -1.88. The van der Waals surface area contributed by atoms with Gasteiger partial charge in [-0.1, -0.05) is 41.0 Å². The minimum absolute atomic E-state index is 0.0130. The van der Waals surface area contributed by atoms with Crippen LogP contribution in [0, 0.1) is 11.3 Å². The number of likely N-dealkylation sites (N-methyl/N-ethyl adjacent to an activating group) is 1. The van der Waals surface area contributed by atoms with Crippen molar-refractivity contribution < 1.29 is 22.7 Å². The van der Waals surface area contributed by atoms with Crippen molar-refractivity contribution >= 4 is 16.0 Å². The molecule has 0 unspecified atom stereocenters. The summed E-state index contributed by atoms with van der Waals surface area (Å²) in [6.07, 6.45) is 1.19. The highest BCUT2D eigenvalue weighted by molar-refractivity contribution is 7.88. The molecule has 0 aliphatic carbocycles. The number of hydrogen-bond donors (Lipinski definition) is 1. The van der Waals surface area contributed by atoms with Gasteiger partial charge in [0.05, 0.1) is 12.4 Å². The van der Waals surface area contributed by atoms with Crippen LogP contribution in [-0.4, -0.2) is 63.4 Å². The smallest absolute Gasteiger partial charge is 0.323 e. The molecule has 0 spiro atoms. The quantitative estimate of drug-likeness (QED) is 0.578. The van der Waals surface area contributed by atoms with Crippen LogP contribution in [0.25, 0.3) is 0 Å². The SMILES string of the molecule is CC[C@H](C)[C@H](N)C(=O)OC[C@H](CN(C)S(C)(=O)=O)O[C@@H](C)C(C)(C)C. The van der Waals surface area contributed by atoms with Crippen LogP contribution >= 0.6 is 0 Å². The molecule has 0 fully saturated rings. The molecule has 4 atom stereocenters. The topological polar surface area (TPSA) is 98.9 Å². The lowest BCUT2D eigenvalue weighted by molar-refractivity contribution is -0.154. The minimum atomic E-state index is -3.35. The van der Waals surface area contributed by atoms with E-state index >= 15 is 0 Å². The molecular formula is C17H36N2O5S. The second-order valence-electron chi connectivity index (χ2n) is 7.85. The fourth-order valence-electron chi connectivity index (χ4n) is 1.81. The van der Waals surface area contributed by atoms with Gasteiger partial charge in [0.25, 0.3) is 0 Å². The predicted molar refractivity (Wildman–Crippen MR) is 99.7 cm³/mol. The summed E-state index contributed by atoms with van der Waals surface area (Å²) in [5, 5.41) is 0. The van der Waals surface area contributed by atoms with Gasteiger partial charge in [-0.15, -0.1) is 0 Å². The zero-order valence-electron chi connectivity index (χ0n) is 16.9. The molecule has 0 aliphatic heterocycles. The number of esters is 1. The highest BCUT2D eigenvalue weighted by Gasteiger charge is 2.28. The molecule has 0 rings (SSSR count). The Morgan fingerprint density at radius 2 is 1.76 bits per heavy atom. The number of carbonyl (C=O) groups is 1. The van der Waals surface area contributed by atoms with Gasteiger partial charge in [-0.2, -0.15) is 0 Å². The van der Waals surface area contributed by atoms with Gasteiger partial charge >= 0.3 is 5.97 Å². The molecule has 0 aromatic rings. The van der Waals surface area contributed by atoms with Crippen LogP contribution in [0.15, 0.2) is 0 Å². The predicted octanol–water partition coefficient (Wildman–Crippen LogP) is 1.61. The summed E-state index contributed by atoms with van der Waals surface area (Å²) in [5.74, 6) is -0.479. The van der Waals surface area contributed by atoms with Crippen LogP contribution < -0.4 is 5.73 Å². The average molecular weight is 381 g/mol. The third kappa shape index (κ3) is 8.99. The number of sulfonamides is 1. The summed E-state index contributed by atoms with van der Waals surface area (Å²) in [6.45, 7) is 11.9. The first kappa shape index (κ1) is 24.3. The molecule has 0 heterocycles. The Hall–Kier alpha value is -0.700. The summed E-state index contributed by atoms with van der Waals surface area (Å²) >= 11 is 0. The molecule has 25 heavy (non-hydrogen) atoms. The van der Waals surface area contributed by atoms with E-state index in [0.717, 1.165) is 12.7 Å².